The number of nitrogens with zero attached hydrogens (tertiary/aromatic N) is 2. The Hall–Kier alpha value is -3.84. The summed E-state index contributed by atoms with van der Waals surface area (Å²) >= 11 is 0. The highest BCUT2D eigenvalue weighted by atomic mass is 16.7. The van der Waals surface area contributed by atoms with Crippen molar-refractivity contribution in [3.05, 3.63) is 54.0 Å². The molecule has 2 saturated heterocycles. The number of ether oxygens (including phenoxy) is 2. The average Bonchev–Trinajstić information content (AvgIpc) is 1.26. The number of amides is 1. The van der Waals surface area contributed by atoms with Crippen LogP contribution in [0.2, 0.25) is 0 Å². The Morgan fingerprint density at radius 3 is 2.33 bits per heavy atom. The maximum atomic E-state index is 15.6. The number of aliphatic hydroxyl groups is 8. The summed E-state index contributed by atoms with van der Waals surface area (Å²) in [6.45, 7) is 10.8. The molecule has 3 aliphatic heterocycles. The van der Waals surface area contributed by atoms with Crippen LogP contribution in [0.4, 0.5) is 5.82 Å². The van der Waals surface area contributed by atoms with Crippen molar-refractivity contribution in [2.24, 2.45) is 96.9 Å². The fourth-order valence-corrected chi connectivity index (χ4v) is 22.7. The molecule has 0 aromatic carbocycles. The number of aromatic amines is 2. The minimum atomic E-state index is -1.71. The summed E-state index contributed by atoms with van der Waals surface area (Å²) in [6.07, 6.45) is 9.97. The van der Waals surface area contributed by atoms with Gasteiger partial charge in [-0.2, -0.15) is 0 Å². The number of imidazole rings is 2. The zero-order valence-corrected chi connectivity index (χ0v) is 50.2. The Balaban J connectivity index is 1.02. The number of aliphatic hydroxyl groups excluding tert-OH is 8. The highest BCUT2D eigenvalue weighted by molar-refractivity contribution is 5.87. The van der Waals surface area contributed by atoms with Crippen LogP contribution in [0.3, 0.4) is 0 Å². The molecule has 85 heavy (non-hydrogen) atoms. The van der Waals surface area contributed by atoms with E-state index in [9.17, 15) is 50.8 Å². The number of rotatable bonds is 13. The van der Waals surface area contributed by atoms with E-state index in [2.05, 4.69) is 70.7 Å². The number of hydrogen-bond donors (Lipinski definition) is 15. The number of nitrogens with two attached hydrogens (primary N) is 1. The number of carbonyl (C=O) groups excluding carboxylic acids is 1. The van der Waals surface area contributed by atoms with Gasteiger partial charge in [-0.05, 0) is 134 Å². The Bertz CT molecular complexity index is 2900. The van der Waals surface area contributed by atoms with E-state index in [1.54, 1.807) is 18.9 Å². The molecule has 5 heterocycles. The van der Waals surface area contributed by atoms with Crippen molar-refractivity contribution in [3.63, 3.8) is 0 Å². The minimum Gasteiger partial charge on any atom is -0.481 e. The highest BCUT2D eigenvalue weighted by Crippen LogP contribution is 2.80. The van der Waals surface area contributed by atoms with Gasteiger partial charge in [0.2, 0.25) is 5.91 Å². The molecule has 13 rings (SSSR count). The second-order valence-corrected chi connectivity index (χ2v) is 30.3. The lowest BCUT2D eigenvalue weighted by Gasteiger charge is -2.76. The lowest BCUT2D eigenvalue weighted by molar-refractivity contribution is -0.344. The number of H-pyrrole nitrogens is 2. The van der Waals surface area contributed by atoms with Crippen molar-refractivity contribution in [3.8, 4) is 0 Å². The van der Waals surface area contributed by atoms with Crippen LogP contribution in [0.5, 0.6) is 0 Å². The van der Waals surface area contributed by atoms with Gasteiger partial charge in [-0.1, -0.05) is 84.1 Å². The Labute approximate surface area is 498 Å². The monoisotopic (exact) mass is 1180 g/mol. The number of carbonyl (C=O) groups is 2. The summed E-state index contributed by atoms with van der Waals surface area (Å²) in [5.74, 6) is -4.88. The van der Waals surface area contributed by atoms with Gasteiger partial charge in [-0.3, -0.25) is 9.59 Å². The highest BCUT2D eigenvalue weighted by Gasteiger charge is 2.79. The summed E-state index contributed by atoms with van der Waals surface area (Å²) in [5, 5.41) is 119. The zero-order valence-electron chi connectivity index (χ0n) is 50.2. The van der Waals surface area contributed by atoms with E-state index in [0.29, 0.717) is 75.8 Å². The van der Waals surface area contributed by atoms with Crippen molar-refractivity contribution in [2.75, 3.05) is 38.2 Å². The molecule has 0 unspecified atom stereocenters. The van der Waals surface area contributed by atoms with Gasteiger partial charge in [0.15, 0.2) is 6.29 Å². The number of nitrogens with one attached hydrogen (secondary N) is 5. The molecule has 470 valence electrons. The van der Waals surface area contributed by atoms with E-state index in [1.807, 2.05) is 13.0 Å². The summed E-state index contributed by atoms with van der Waals surface area (Å²) in [4.78, 5) is 46.2. The number of carboxylic acids is 1. The minimum absolute atomic E-state index is 0.0753. The van der Waals surface area contributed by atoms with Crippen molar-refractivity contribution >= 4 is 17.7 Å². The first kappa shape index (κ1) is 60.1. The molecule has 6 saturated carbocycles. The van der Waals surface area contributed by atoms with Crippen LogP contribution in [0.25, 0.3) is 0 Å². The van der Waals surface area contributed by atoms with Crippen LogP contribution in [-0.2, 0) is 30.9 Å². The van der Waals surface area contributed by atoms with E-state index in [4.69, 9.17) is 20.2 Å². The standard InChI is InChI=1S/C64H96N8O13/c1-57(28-73)20-21-63(56(82)83)37(23-57)35-12-13-42-59(3,61(35,5)36-22-39-53(71-31-69-39)68-25-38(36)63)18-15-41-58(2,29-74)51(85-54-48(78)46(76)40(75)27-84-54)47(77)44(60(41,42)4)33-14-19-64(43-26-66-30-70-43,49-45(33)62(55(81)72-49)16-8-9-17-62)50(79)34(52(65)80)24-67-32-10-6-7-11-32/h12,14,19,26,30-34,36-38,40-42,44-52,54,67-68,73-80H,6-11,13,15-18,20-25,27-29,65H2,1-5H3,(H,66,70)(H,69,71)(H,72,81)(H,82,83)/t33-,34-,36-,37-,38-,40+,41+,42-,44+,45-,46-,47+,48+,49+,50+,51+,52-,54-,57-,58-,59+,60-,61-,63+,64+/m0/s1. The number of fused-ring (bicyclic) bond motifs is 13. The summed E-state index contributed by atoms with van der Waals surface area (Å²) in [7, 11) is 0. The predicted octanol–water partition coefficient (Wildman–Crippen LogP) is 2.99. The van der Waals surface area contributed by atoms with Crippen LogP contribution < -0.4 is 21.7 Å². The van der Waals surface area contributed by atoms with Crippen LogP contribution in [0.15, 0.2) is 42.7 Å². The topological polar surface area (TPSA) is 354 Å². The van der Waals surface area contributed by atoms with Crippen LogP contribution in [0.1, 0.15) is 136 Å². The third kappa shape index (κ3) is 8.21. The average molecular weight is 1190 g/mol. The van der Waals surface area contributed by atoms with E-state index >= 15 is 4.79 Å². The van der Waals surface area contributed by atoms with Gasteiger partial charge in [-0.15, -0.1) is 0 Å². The van der Waals surface area contributed by atoms with Gasteiger partial charge in [-0.25, -0.2) is 9.97 Å². The second kappa shape index (κ2) is 21.1. The maximum absolute atomic E-state index is 15.6. The van der Waals surface area contributed by atoms with Crippen molar-refractivity contribution in [1.82, 2.24) is 30.6 Å². The van der Waals surface area contributed by atoms with Crippen molar-refractivity contribution in [2.45, 2.75) is 198 Å². The van der Waals surface area contributed by atoms with Crippen LogP contribution >= 0.6 is 0 Å². The van der Waals surface area contributed by atoms with E-state index in [-0.39, 0.29) is 49.5 Å². The zero-order chi connectivity index (χ0) is 60.2. The number of aromatic nitrogens is 4. The van der Waals surface area contributed by atoms with Gasteiger partial charge >= 0.3 is 5.97 Å². The molecule has 8 aliphatic carbocycles. The van der Waals surface area contributed by atoms with Gasteiger partial charge in [0.1, 0.15) is 30.4 Å². The van der Waals surface area contributed by atoms with Gasteiger partial charge in [0, 0.05) is 54.9 Å². The first-order valence-corrected chi connectivity index (χ1v) is 32.2. The van der Waals surface area contributed by atoms with E-state index in [0.717, 1.165) is 49.8 Å². The Kier molecular flexibility index (Phi) is 14.9. The fourth-order valence-electron chi connectivity index (χ4n) is 22.7. The molecule has 2 aromatic rings. The van der Waals surface area contributed by atoms with Gasteiger partial charge in [0.05, 0.1) is 72.2 Å². The molecule has 0 radical (unpaired) electrons. The quantitative estimate of drug-likeness (QED) is 0.0779. The number of hydrogen-bond acceptors (Lipinski definition) is 17. The molecule has 21 nitrogen and oxygen atoms in total. The van der Waals surface area contributed by atoms with Crippen LogP contribution in [0, 0.1) is 91.2 Å². The number of anilines is 1. The summed E-state index contributed by atoms with van der Waals surface area (Å²) < 4.78 is 12.9. The Morgan fingerprint density at radius 2 is 1.65 bits per heavy atom. The summed E-state index contributed by atoms with van der Waals surface area (Å²) in [6, 6.07) is -0.642. The van der Waals surface area contributed by atoms with Crippen molar-refractivity contribution in [1.29, 1.82) is 0 Å². The fraction of sp³-hybridized carbons (Fsp3) is 0.812. The molecular formula is C64H96N8O13. The van der Waals surface area contributed by atoms with E-state index in [1.165, 1.54) is 0 Å². The Morgan fingerprint density at radius 1 is 0.894 bits per heavy atom. The molecule has 2 aromatic heterocycles. The number of allylic oxidation sites excluding steroid dienone is 3. The number of aliphatic carboxylic acids is 1. The normalized spacial score (nSPS) is 48.2. The number of carboxylic acid groups (broad SMARTS) is 1. The van der Waals surface area contributed by atoms with Gasteiger partial charge < -0.3 is 87.1 Å². The first-order chi connectivity index (χ1) is 40.5. The van der Waals surface area contributed by atoms with Crippen molar-refractivity contribution < 1.29 is 65.0 Å². The molecule has 25 atom stereocenters. The first-order valence-electron chi connectivity index (χ1n) is 32.2. The molecule has 1 spiro atoms. The molecule has 1 amide bonds. The van der Waals surface area contributed by atoms with Crippen LogP contribution in [-0.4, -0.2) is 172 Å². The third-order valence-electron chi connectivity index (χ3n) is 27.1. The SMILES string of the molecule is C[C@]1(CO)CC[C@@]2(C(=O)O)[C@@H](C1)C1=CC[C@@H]3[C@@]4(C)[C@H]([C@@H]5C=C[C@](c6cnc[nH]6)([C@H](O)[C@H](CNC6CCCC6)[C@@H](N)O)[C@@H]6NC(=O)C7(CCCC7)[C@@H]56)[C@@H](O)[C@@H](O[C@@H]5OC[C@@H](O)[C@H](O)[C@H]5O)[C@@](C)(CO)[C@H]4CC[C@@]3(C)[C@]1(C)[C@H]1Cc3[nH]cnc3NC[C@@H]12. The van der Waals surface area contributed by atoms with Gasteiger partial charge in [0.25, 0.3) is 0 Å². The smallest absolute Gasteiger partial charge is 0.310 e. The van der Waals surface area contributed by atoms with E-state index < -0.39 is 147 Å². The molecular weight excluding hydrogens is 1090 g/mol. The second-order valence-electron chi connectivity index (χ2n) is 30.3. The largest absolute Gasteiger partial charge is 0.481 e. The maximum Gasteiger partial charge on any atom is 0.310 e. The molecule has 16 N–H and O–H groups in total. The summed E-state index contributed by atoms with van der Waals surface area (Å²) in [5.41, 5.74) is 1.52. The lowest BCUT2D eigenvalue weighted by atomic mass is 9.28. The molecule has 0 bridgehead atoms. The lowest BCUT2D eigenvalue weighted by Crippen LogP contribution is -2.75. The molecule has 8 fully saturated rings. The molecule has 21 heteroatoms. The molecule has 11 aliphatic rings. The third-order valence-corrected chi connectivity index (χ3v) is 27.1. The predicted molar refractivity (Wildman–Crippen MR) is 310 cm³/mol.